The molecule has 0 atom stereocenters. The minimum absolute atomic E-state index is 0.296. The van der Waals surface area contributed by atoms with E-state index in [1.54, 1.807) is 25.3 Å². The highest BCUT2D eigenvalue weighted by Gasteiger charge is 2.23. The average Bonchev–Trinajstić information content (AvgIpc) is 3.49. The van der Waals surface area contributed by atoms with Crippen molar-refractivity contribution in [1.29, 1.82) is 0 Å². The van der Waals surface area contributed by atoms with Gasteiger partial charge in [0.05, 0.1) is 29.1 Å². The van der Waals surface area contributed by atoms with Crippen molar-refractivity contribution in [3.8, 4) is 22.8 Å². The van der Waals surface area contributed by atoms with Crippen molar-refractivity contribution < 1.29 is 0 Å². The third kappa shape index (κ3) is 3.36. The molecule has 9 heteroatoms. The number of hydrogen-bond donors (Lipinski definition) is 0. The summed E-state index contributed by atoms with van der Waals surface area (Å²) in [6.45, 7) is 2.30. The lowest BCUT2D eigenvalue weighted by Gasteiger charge is -2.12. The summed E-state index contributed by atoms with van der Waals surface area (Å²) in [6, 6.07) is 21.2. The van der Waals surface area contributed by atoms with Gasteiger partial charge in [-0.1, -0.05) is 41.9 Å². The summed E-state index contributed by atoms with van der Waals surface area (Å²) in [6.07, 6.45) is 3.65. The summed E-state index contributed by atoms with van der Waals surface area (Å²) in [5.74, 6) is 0. The molecule has 4 aromatic rings. The predicted octanol–water partition coefficient (Wildman–Crippen LogP) is 4.28. The lowest BCUT2D eigenvalue weighted by atomic mass is 10.1. The minimum Gasteiger partial charge on any atom is -0.265 e. The molecule has 0 aliphatic carbocycles. The molecule has 6 rings (SSSR count). The maximum atomic E-state index is 13.3. The maximum Gasteiger partial charge on any atom is 0.301 e. The molecule has 2 aromatic carbocycles. The molecule has 4 heterocycles. The molecule has 0 bridgehead atoms. The molecule has 34 heavy (non-hydrogen) atoms. The van der Waals surface area contributed by atoms with Crippen LogP contribution in [0.1, 0.15) is 11.3 Å². The van der Waals surface area contributed by atoms with Crippen molar-refractivity contribution in [3.63, 3.8) is 0 Å². The van der Waals surface area contributed by atoms with Gasteiger partial charge >= 0.3 is 5.56 Å². The van der Waals surface area contributed by atoms with Gasteiger partial charge in [0.1, 0.15) is 10.8 Å². The van der Waals surface area contributed by atoms with E-state index in [1.165, 1.54) is 4.68 Å². The van der Waals surface area contributed by atoms with Gasteiger partial charge < -0.3 is 0 Å². The van der Waals surface area contributed by atoms with E-state index in [9.17, 15) is 4.79 Å². The van der Waals surface area contributed by atoms with Crippen molar-refractivity contribution in [2.45, 2.75) is 13.5 Å². The van der Waals surface area contributed by atoms with Crippen LogP contribution >= 0.6 is 11.6 Å². The molecule has 2 aromatic heterocycles. The van der Waals surface area contributed by atoms with Gasteiger partial charge in [-0.15, -0.1) is 0 Å². The highest BCUT2D eigenvalue weighted by Crippen LogP contribution is 2.27. The van der Waals surface area contributed by atoms with E-state index in [1.807, 2.05) is 70.2 Å². The molecule has 0 saturated heterocycles. The van der Waals surface area contributed by atoms with E-state index in [0.29, 0.717) is 34.5 Å². The Hall–Kier alpha value is -4.30. The van der Waals surface area contributed by atoms with E-state index in [2.05, 4.69) is 15.2 Å². The van der Waals surface area contributed by atoms with Crippen LogP contribution in [0.5, 0.6) is 0 Å². The minimum atomic E-state index is -0.296. The first kappa shape index (κ1) is 20.3. The third-order valence-electron chi connectivity index (χ3n) is 5.77. The van der Waals surface area contributed by atoms with Gasteiger partial charge in [0.15, 0.2) is 5.69 Å². The lowest BCUT2D eigenvalue weighted by molar-refractivity contribution is 0.699. The first-order chi connectivity index (χ1) is 16.6. The molecule has 0 radical (unpaired) electrons. The number of rotatable bonds is 4. The van der Waals surface area contributed by atoms with Crippen molar-refractivity contribution >= 4 is 22.5 Å². The fraction of sp³-hybridized carbons (Fsp3) is 0.0800. The highest BCUT2D eigenvalue weighted by atomic mass is 35.5. The van der Waals surface area contributed by atoms with Crippen molar-refractivity contribution in [3.05, 3.63) is 106 Å². The number of para-hydroxylation sites is 1. The summed E-state index contributed by atoms with van der Waals surface area (Å²) in [4.78, 5) is 17.6. The number of benzene rings is 2. The van der Waals surface area contributed by atoms with Gasteiger partial charge in [-0.3, -0.25) is 9.48 Å². The van der Waals surface area contributed by atoms with E-state index < -0.39 is 0 Å². The highest BCUT2D eigenvalue weighted by molar-refractivity contribution is 6.29. The third-order valence-corrected chi connectivity index (χ3v) is 5.98. The molecule has 0 unspecified atom stereocenters. The summed E-state index contributed by atoms with van der Waals surface area (Å²) < 4.78 is 5.01. The van der Waals surface area contributed by atoms with Gasteiger partial charge in [0.25, 0.3) is 0 Å². The Kier molecular flexibility index (Phi) is 4.74. The lowest BCUT2D eigenvalue weighted by Crippen LogP contribution is -2.18. The second-order valence-corrected chi connectivity index (χ2v) is 8.33. The number of fused-ring (bicyclic) bond motifs is 3. The van der Waals surface area contributed by atoms with E-state index in [-0.39, 0.29) is 5.56 Å². The Bertz CT molecular complexity index is 1670. The Morgan fingerprint density at radius 3 is 2.50 bits per heavy atom. The van der Waals surface area contributed by atoms with Crippen LogP contribution in [-0.4, -0.2) is 34.3 Å². The zero-order valence-corrected chi connectivity index (χ0v) is 18.9. The van der Waals surface area contributed by atoms with Crippen LogP contribution in [0.4, 0.5) is 0 Å². The predicted molar refractivity (Wildman–Crippen MR) is 130 cm³/mol. The van der Waals surface area contributed by atoms with Gasteiger partial charge in [-0.25, -0.2) is 9.67 Å². The Morgan fingerprint density at radius 2 is 1.74 bits per heavy atom. The number of nitrogens with zero attached hydrogens (tertiary/aromatic N) is 7. The van der Waals surface area contributed by atoms with Gasteiger partial charge in [0.2, 0.25) is 0 Å². The summed E-state index contributed by atoms with van der Waals surface area (Å²) in [5.41, 5.74) is 4.68. The van der Waals surface area contributed by atoms with Crippen molar-refractivity contribution in [2.24, 2.45) is 0 Å². The molecule has 2 aliphatic rings. The summed E-state index contributed by atoms with van der Waals surface area (Å²) >= 11 is 6.00. The Labute approximate surface area is 199 Å². The molecule has 2 aliphatic heterocycles. The van der Waals surface area contributed by atoms with Crippen LogP contribution in [0.2, 0.25) is 5.15 Å². The number of hydrogen-bond acceptors (Lipinski definition) is 5. The van der Waals surface area contributed by atoms with Gasteiger partial charge in [-0.05, 0) is 48.9 Å². The first-order valence-electron chi connectivity index (χ1n) is 10.7. The number of aryl methyl sites for hydroxylation is 1. The van der Waals surface area contributed by atoms with Crippen molar-refractivity contribution in [2.75, 3.05) is 0 Å². The SMILES string of the molecule is Cc1nc(Cl)ccc1-n1nc2c3ccccc3n(Cc3ccc(-n4cccn4)cc3)nc-2c1=O. The molecule has 0 saturated carbocycles. The van der Waals surface area contributed by atoms with Crippen molar-refractivity contribution in [1.82, 2.24) is 34.3 Å². The smallest absolute Gasteiger partial charge is 0.265 e. The number of halogens is 1. The number of aromatic nitrogens is 7. The quantitative estimate of drug-likeness (QED) is 0.361. The average molecular weight is 468 g/mol. The van der Waals surface area contributed by atoms with Crippen LogP contribution < -0.4 is 5.56 Å². The first-order valence-corrected chi connectivity index (χ1v) is 11.1. The zero-order chi connectivity index (χ0) is 23.2. The summed E-state index contributed by atoms with van der Waals surface area (Å²) in [7, 11) is 0. The topological polar surface area (TPSA) is 83.4 Å². The number of pyridine rings is 1. The molecule has 0 fully saturated rings. The van der Waals surface area contributed by atoms with Gasteiger partial charge in [-0.2, -0.15) is 20.0 Å². The molecule has 0 spiro atoms. The molecule has 8 nitrogen and oxygen atoms in total. The molecule has 0 N–H and O–H groups in total. The second-order valence-electron chi connectivity index (χ2n) is 7.94. The Balaban J connectivity index is 1.48. The molecular weight excluding hydrogens is 450 g/mol. The fourth-order valence-corrected chi connectivity index (χ4v) is 4.31. The molecule has 0 amide bonds. The van der Waals surface area contributed by atoms with Crippen LogP contribution in [0.15, 0.2) is 83.9 Å². The Morgan fingerprint density at radius 1 is 0.912 bits per heavy atom. The molecule has 166 valence electrons. The largest absolute Gasteiger partial charge is 0.301 e. The standard InChI is InChI=1S/C25H18ClN7O/c1-16-20(11-12-22(26)28-16)33-25(34)24-23(30-33)19-5-2-3-6-21(19)32(29-24)15-17-7-9-18(10-8-17)31-14-4-13-27-31/h2-14H,15H2,1H3. The second kappa shape index (κ2) is 7.93. The van der Waals surface area contributed by atoms with Crippen LogP contribution in [0, 0.1) is 6.92 Å². The van der Waals surface area contributed by atoms with E-state index >= 15 is 0 Å². The van der Waals surface area contributed by atoms with E-state index in [4.69, 9.17) is 16.7 Å². The van der Waals surface area contributed by atoms with Crippen LogP contribution in [0.25, 0.3) is 33.7 Å². The monoisotopic (exact) mass is 467 g/mol. The summed E-state index contributed by atoms with van der Waals surface area (Å²) in [5, 5.41) is 14.8. The maximum absolute atomic E-state index is 13.3. The van der Waals surface area contributed by atoms with Crippen LogP contribution in [-0.2, 0) is 6.54 Å². The molecular formula is C25H18ClN7O. The van der Waals surface area contributed by atoms with Crippen LogP contribution in [0.3, 0.4) is 0 Å². The normalized spacial score (nSPS) is 11.5. The fourth-order valence-electron chi connectivity index (χ4n) is 4.12. The van der Waals surface area contributed by atoms with E-state index in [0.717, 1.165) is 22.2 Å². The van der Waals surface area contributed by atoms with Gasteiger partial charge in [0, 0.05) is 17.8 Å². The zero-order valence-electron chi connectivity index (χ0n) is 18.1.